The van der Waals surface area contributed by atoms with E-state index in [1.54, 1.807) is 26.8 Å². The molecule has 0 spiro atoms. The largest absolute Gasteiger partial charge is 0.444 e. The molecule has 3 amide bonds. The van der Waals surface area contributed by atoms with Crippen LogP contribution in [0.4, 0.5) is 4.79 Å². The second-order valence-electron chi connectivity index (χ2n) is 10.8. The SMILES string of the molecule is C=CCN(C(=O)C(CC(C)C)NC(=O)OC(C)(C)C)C(C(=O)NCc1ccccc1)c1ccc(CC)cc1. The van der Waals surface area contributed by atoms with Gasteiger partial charge in [0, 0.05) is 13.1 Å². The second kappa shape index (κ2) is 14.4. The Morgan fingerprint density at radius 2 is 1.63 bits per heavy atom. The zero-order valence-corrected chi connectivity index (χ0v) is 23.6. The van der Waals surface area contributed by atoms with E-state index in [1.165, 1.54) is 4.90 Å². The Kier molecular flexibility index (Phi) is 11.6. The Labute approximate surface area is 227 Å². The normalized spacial score (nSPS) is 12.8. The summed E-state index contributed by atoms with van der Waals surface area (Å²) in [6.07, 6.45) is 2.16. The monoisotopic (exact) mass is 521 g/mol. The average molecular weight is 522 g/mol. The first-order chi connectivity index (χ1) is 17.9. The molecule has 2 atom stereocenters. The minimum atomic E-state index is -0.912. The van der Waals surface area contributed by atoms with Crippen LogP contribution in [-0.2, 0) is 27.3 Å². The molecule has 2 rings (SSSR count). The predicted molar refractivity (Wildman–Crippen MR) is 151 cm³/mol. The topological polar surface area (TPSA) is 87.7 Å². The van der Waals surface area contributed by atoms with Crippen LogP contribution in [0.15, 0.2) is 67.3 Å². The van der Waals surface area contributed by atoms with Crippen LogP contribution in [0, 0.1) is 5.92 Å². The van der Waals surface area contributed by atoms with E-state index in [2.05, 4.69) is 24.1 Å². The second-order valence-corrected chi connectivity index (χ2v) is 10.8. The molecule has 0 aromatic heterocycles. The number of benzene rings is 2. The fraction of sp³-hybridized carbons (Fsp3) is 0.452. The van der Waals surface area contributed by atoms with Gasteiger partial charge in [0.05, 0.1) is 0 Å². The van der Waals surface area contributed by atoms with E-state index in [-0.39, 0.29) is 24.3 Å². The Morgan fingerprint density at radius 1 is 1.00 bits per heavy atom. The number of nitrogens with zero attached hydrogens (tertiary/aromatic N) is 1. The summed E-state index contributed by atoms with van der Waals surface area (Å²) >= 11 is 0. The number of hydrogen-bond acceptors (Lipinski definition) is 4. The number of hydrogen-bond donors (Lipinski definition) is 2. The molecule has 2 unspecified atom stereocenters. The summed E-state index contributed by atoms with van der Waals surface area (Å²) < 4.78 is 5.43. The Morgan fingerprint density at radius 3 is 2.16 bits per heavy atom. The number of nitrogens with one attached hydrogen (secondary N) is 2. The molecule has 2 aromatic carbocycles. The van der Waals surface area contributed by atoms with Gasteiger partial charge >= 0.3 is 6.09 Å². The summed E-state index contributed by atoms with van der Waals surface area (Å²) in [6, 6.07) is 15.5. The molecular weight excluding hydrogens is 478 g/mol. The fourth-order valence-corrected chi connectivity index (χ4v) is 4.09. The van der Waals surface area contributed by atoms with Gasteiger partial charge in [-0.05, 0) is 56.2 Å². The van der Waals surface area contributed by atoms with Gasteiger partial charge < -0.3 is 20.3 Å². The maximum atomic E-state index is 14.0. The summed E-state index contributed by atoms with van der Waals surface area (Å²) in [4.78, 5) is 41.8. The summed E-state index contributed by atoms with van der Waals surface area (Å²) in [5.41, 5.74) is 2.05. The highest BCUT2D eigenvalue weighted by molar-refractivity contribution is 5.92. The van der Waals surface area contributed by atoms with Crippen LogP contribution in [0.2, 0.25) is 0 Å². The Bertz CT molecular complexity index is 1060. The summed E-state index contributed by atoms with van der Waals surface area (Å²) in [6.45, 7) is 15.6. The van der Waals surface area contributed by atoms with Crippen LogP contribution in [0.25, 0.3) is 0 Å². The molecule has 38 heavy (non-hydrogen) atoms. The van der Waals surface area contributed by atoms with Crippen molar-refractivity contribution in [1.82, 2.24) is 15.5 Å². The lowest BCUT2D eigenvalue weighted by Gasteiger charge is -2.34. The maximum absolute atomic E-state index is 14.0. The molecule has 7 heteroatoms. The lowest BCUT2D eigenvalue weighted by atomic mass is 9.98. The molecular formula is C31H43N3O4. The maximum Gasteiger partial charge on any atom is 0.408 e. The highest BCUT2D eigenvalue weighted by Crippen LogP contribution is 2.25. The number of aryl methyl sites for hydroxylation is 1. The molecule has 7 nitrogen and oxygen atoms in total. The van der Waals surface area contributed by atoms with Gasteiger partial charge in [0.1, 0.15) is 17.7 Å². The third-order valence-corrected chi connectivity index (χ3v) is 5.88. The molecule has 0 aliphatic carbocycles. The van der Waals surface area contributed by atoms with Gasteiger partial charge in [-0.3, -0.25) is 9.59 Å². The van der Waals surface area contributed by atoms with Crippen LogP contribution in [0.5, 0.6) is 0 Å². The molecule has 0 bridgehead atoms. The zero-order chi connectivity index (χ0) is 28.3. The van der Waals surface area contributed by atoms with Crippen molar-refractivity contribution in [2.75, 3.05) is 6.54 Å². The van der Waals surface area contributed by atoms with E-state index in [9.17, 15) is 14.4 Å². The van der Waals surface area contributed by atoms with Gasteiger partial charge in [0.2, 0.25) is 11.8 Å². The number of alkyl carbamates (subject to hydrolysis) is 1. The Balaban J connectivity index is 2.44. The van der Waals surface area contributed by atoms with Gasteiger partial charge in [-0.2, -0.15) is 0 Å². The first kappa shape index (κ1) is 30.6. The van der Waals surface area contributed by atoms with E-state index in [0.29, 0.717) is 18.5 Å². The van der Waals surface area contributed by atoms with Crippen LogP contribution >= 0.6 is 0 Å². The van der Waals surface area contributed by atoms with Gasteiger partial charge in [-0.1, -0.05) is 81.4 Å². The van der Waals surface area contributed by atoms with Crippen molar-refractivity contribution in [2.45, 2.75) is 78.6 Å². The van der Waals surface area contributed by atoms with Crippen molar-refractivity contribution < 1.29 is 19.1 Å². The average Bonchev–Trinajstić information content (AvgIpc) is 2.86. The molecule has 0 saturated heterocycles. The van der Waals surface area contributed by atoms with Crippen molar-refractivity contribution in [2.24, 2.45) is 5.92 Å². The van der Waals surface area contributed by atoms with Crippen molar-refractivity contribution in [3.8, 4) is 0 Å². The van der Waals surface area contributed by atoms with E-state index in [4.69, 9.17) is 4.74 Å². The first-order valence-electron chi connectivity index (χ1n) is 13.3. The highest BCUT2D eigenvalue weighted by atomic mass is 16.6. The quantitative estimate of drug-likeness (QED) is 0.358. The van der Waals surface area contributed by atoms with Crippen LogP contribution < -0.4 is 10.6 Å². The van der Waals surface area contributed by atoms with Crippen LogP contribution in [0.3, 0.4) is 0 Å². The molecule has 2 N–H and O–H groups in total. The van der Waals surface area contributed by atoms with Gasteiger partial charge in [0.25, 0.3) is 0 Å². The molecule has 0 radical (unpaired) electrons. The van der Waals surface area contributed by atoms with Crippen molar-refractivity contribution >= 4 is 17.9 Å². The molecule has 0 aliphatic heterocycles. The van der Waals surface area contributed by atoms with Crippen molar-refractivity contribution in [1.29, 1.82) is 0 Å². The molecule has 0 saturated carbocycles. The van der Waals surface area contributed by atoms with Gasteiger partial charge in [-0.15, -0.1) is 6.58 Å². The standard InChI is InChI=1S/C31H43N3O4/c1-8-19-34(29(36)26(20-22(3)4)33-30(37)38-31(5,6)7)27(25-17-15-23(9-2)16-18-25)28(35)32-21-24-13-11-10-12-14-24/h8,10-18,22,26-27H,1,9,19-21H2,2-7H3,(H,32,35)(H,33,37). The van der Waals surface area contributed by atoms with E-state index < -0.39 is 23.8 Å². The first-order valence-corrected chi connectivity index (χ1v) is 13.3. The van der Waals surface area contributed by atoms with Gasteiger partial charge in [-0.25, -0.2) is 4.79 Å². The number of amides is 3. The lowest BCUT2D eigenvalue weighted by Crippen LogP contribution is -2.53. The third kappa shape index (κ3) is 9.69. The van der Waals surface area contributed by atoms with Crippen LogP contribution in [-0.4, -0.2) is 41.0 Å². The van der Waals surface area contributed by atoms with Gasteiger partial charge in [0.15, 0.2) is 0 Å². The smallest absolute Gasteiger partial charge is 0.408 e. The minimum Gasteiger partial charge on any atom is -0.444 e. The molecule has 2 aromatic rings. The number of carbonyl (C=O) groups is 3. The van der Waals surface area contributed by atoms with Crippen LogP contribution in [0.1, 0.15) is 70.7 Å². The molecule has 0 aliphatic rings. The number of carbonyl (C=O) groups excluding carboxylic acids is 3. The number of rotatable bonds is 12. The van der Waals surface area contributed by atoms with E-state index >= 15 is 0 Å². The Hall–Kier alpha value is -3.61. The predicted octanol–water partition coefficient (Wildman–Crippen LogP) is 5.56. The number of ether oxygens (including phenoxy) is 1. The van der Waals surface area contributed by atoms with E-state index in [1.807, 2.05) is 68.4 Å². The molecule has 0 fully saturated rings. The summed E-state index contributed by atoms with van der Waals surface area (Å²) in [5.74, 6) is -0.573. The highest BCUT2D eigenvalue weighted by Gasteiger charge is 2.36. The molecule has 206 valence electrons. The van der Waals surface area contributed by atoms with Crippen molar-refractivity contribution in [3.05, 3.63) is 83.9 Å². The molecule has 0 heterocycles. The van der Waals surface area contributed by atoms with E-state index in [0.717, 1.165) is 17.5 Å². The zero-order valence-electron chi connectivity index (χ0n) is 23.6. The summed E-state index contributed by atoms with van der Waals surface area (Å²) in [5, 5.41) is 5.74. The van der Waals surface area contributed by atoms with Crippen molar-refractivity contribution in [3.63, 3.8) is 0 Å². The fourth-order valence-electron chi connectivity index (χ4n) is 4.09. The third-order valence-electron chi connectivity index (χ3n) is 5.88. The lowest BCUT2D eigenvalue weighted by molar-refractivity contribution is -0.142. The minimum absolute atomic E-state index is 0.110. The summed E-state index contributed by atoms with van der Waals surface area (Å²) in [7, 11) is 0.